The molecule has 2 aromatic carbocycles. The zero-order chi connectivity index (χ0) is 22.6. The molecule has 0 aliphatic heterocycles. The molecule has 6 nitrogen and oxygen atoms in total. The number of nitrogens with zero attached hydrogens (tertiary/aromatic N) is 2. The van der Waals surface area contributed by atoms with Crippen molar-refractivity contribution >= 4 is 12.1 Å². The second-order valence-corrected chi connectivity index (χ2v) is 7.37. The normalized spacial score (nSPS) is 11.8. The van der Waals surface area contributed by atoms with Crippen molar-refractivity contribution in [2.45, 2.75) is 32.6 Å². The van der Waals surface area contributed by atoms with Crippen LogP contribution in [0, 0.1) is 0 Å². The molecule has 0 saturated carbocycles. The van der Waals surface area contributed by atoms with Gasteiger partial charge in [0, 0.05) is 29.9 Å². The zero-order valence-corrected chi connectivity index (χ0v) is 18.5. The number of hydrazone groups is 1. The first kappa shape index (κ1) is 23.0. The van der Waals surface area contributed by atoms with Crippen LogP contribution in [0.1, 0.15) is 54.1 Å². The summed E-state index contributed by atoms with van der Waals surface area (Å²) in [6, 6.07) is 19.0. The highest BCUT2D eigenvalue weighted by Gasteiger charge is 2.09. The lowest BCUT2D eigenvalue weighted by Gasteiger charge is -2.16. The predicted molar refractivity (Wildman–Crippen MR) is 126 cm³/mol. The molecule has 3 rings (SSSR count). The van der Waals surface area contributed by atoms with Gasteiger partial charge >= 0.3 is 0 Å². The number of aromatic nitrogens is 1. The molecule has 166 valence electrons. The molecule has 0 spiro atoms. The van der Waals surface area contributed by atoms with E-state index in [4.69, 9.17) is 9.47 Å². The van der Waals surface area contributed by atoms with Gasteiger partial charge in [-0.2, -0.15) is 5.10 Å². The summed E-state index contributed by atoms with van der Waals surface area (Å²) >= 11 is 0. The van der Waals surface area contributed by atoms with E-state index in [0.717, 1.165) is 24.2 Å². The number of ether oxygens (including phenoxy) is 2. The van der Waals surface area contributed by atoms with Crippen LogP contribution in [0.4, 0.5) is 0 Å². The van der Waals surface area contributed by atoms with E-state index in [1.165, 1.54) is 5.56 Å². The van der Waals surface area contributed by atoms with E-state index in [2.05, 4.69) is 41.5 Å². The highest BCUT2D eigenvalue weighted by Crippen LogP contribution is 2.28. The van der Waals surface area contributed by atoms with E-state index in [-0.39, 0.29) is 5.91 Å². The van der Waals surface area contributed by atoms with Crippen molar-refractivity contribution in [1.29, 1.82) is 0 Å². The Morgan fingerprint density at radius 2 is 1.66 bits per heavy atom. The number of para-hydroxylation sites is 2. The van der Waals surface area contributed by atoms with Gasteiger partial charge in [-0.05, 0) is 48.2 Å². The van der Waals surface area contributed by atoms with Gasteiger partial charge in [-0.3, -0.25) is 9.78 Å². The Labute approximate surface area is 189 Å². The molecule has 3 aromatic rings. The molecule has 1 unspecified atom stereocenters. The number of hydrogen-bond donors (Lipinski definition) is 1. The fraction of sp³-hybridized carbons (Fsp3) is 0.269. The van der Waals surface area contributed by atoms with Gasteiger partial charge in [0.1, 0.15) is 11.5 Å². The maximum atomic E-state index is 12.1. The summed E-state index contributed by atoms with van der Waals surface area (Å²) in [4.78, 5) is 16.0. The van der Waals surface area contributed by atoms with Crippen molar-refractivity contribution in [2.75, 3.05) is 13.2 Å². The maximum absolute atomic E-state index is 12.1. The van der Waals surface area contributed by atoms with Gasteiger partial charge in [0.15, 0.2) is 0 Å². The number of benzene rings is 2. The van der Waals surface area contributed by atoms with Crippen LogP contribution in [0.5, 0.6) is 11.5 Å². The Morgan fingerprint density at radius 3 is 2.41 bits per heavy atom. The second-order valence-electron chi connectivity index (χ2n) is 7.37. The monoisotopic (exact) mass is 431 g/mol. The molecule has 0 bridgehead atoms. The lowest BCUT2D eigenvalue weighted by Crippen LogP contribution is -2.17. The molecular formula is C26H29N3O3. The number of hydrogen-bond acceptors (Lipinski definition) is 5. The number of pyridine rings is 1. The molecule has 0 fully saturated rings. The maximum Gasteiger partial charge on any atom is 0.271 e. The Kier molecular flexibility index (Phi) is 8.80. The van der Waals surface area contributed by atoms with E-state index in [1.807, 2.05) is 36.4 Å². The Hall–Kier alpha value is -3.67. The quantitative estimate of drug-likeness (QED) is 0.257. The van der Waals surface area contributed by atoms with Crippen molar-refractivity contribution in [2.24, 2.45) is 5.10 Å². The summed E-state index contributed by atoms with van der Waals surface area (Å²) in [5.41, 5.74) is 5.04. The smallest absolute Gasteiger partial charge is 0.271 e. The van der Waals surface area contributed by atoms with Gasteiger partial charge in [0.25, 0.3) is 5.91 Å². The van der Waals surface area contributed by atoms with Crippen molar-refractivity contribution in [1.82, 2.24) is 10.4 Å². The van der Waals surface area contributed by atoms with Gasteiger partial charge < -0.3 is 9.47 Å². The molecule has 1 aromatic heterocycles. The molecule has 0 saturated heterocycles. The van der Waals surface area contributed by atoms with Crippen LogP contribution in [-0.4, -0.2) is 30.3 Å². The van der Waals surface area contributed by atoms with Crippen LogP contribution < -0.4 is 14.9 Å². The van der Waals surface area contributed by atoms with E-state index in [1.54, 1.807) is 30.7 Å². The summed E-state index contributed by atoms with van der Waals surface area (Å²) < 4.78 is 11.9. The van der Waals surface area contributed by atoms with E-state index >= 15 is 0 Å². The molecule has 1 atom stereocenters. The first-order valence-corrected chi connectivity index (χ1v) is 10.9. The van der Waals surface area contributed by atoms with Gasteiger partial charge in [0.05, 0.1) is 19.4 Å². The molecule has 0 radical (unpaired) electrons. The van der Waals surface area contributed by atoms with Crippen LogP contribution in [-0.2, 0) is 0 Å². The topological polar surface area (TPSA) is 72.8 Å². The van der Waals surface area contributed by atoms with Crippen molar-refractivity contribution in [3.63, 3.8) is 0 Å². The lowest BCUT2D eigenvalue weighted by atomic mass is 9.98. The molecule has 32 heavy (non-hydrogen) atoms. The average molecular weight is 432 g/mol. The SMILES string of the molecule is CCC(C)c1ccccc1OCCCOc1ccccc1/C=N/NC(=O)c1ccncc1. The minimum atomic E-state index is -0.295. The lowest BCUT2D eigenvalue weighted by molar-refractivity contribution is 0.0955. The summed E-state index contributed by atoms with van der Waals surface area (Å²) in [6.45, 7) is 5.48. The Bertz CT molecular complexity index is 1020. The number of nitrogens with one attached hydrogen (secondary N) is 1. The third-order valence-electron chi connectivity index (χ3n) is 5.10. The van der Waals surface area contributed by atoms with Gasteiger partial charge in [0.2, 0.25) is 0 Å². The standard InChI is InChI=1S/C26H29N3O3/c1-3-20(2)23-10-5-7-12-25(23)32-18-8-17-31-24-11-6-4-9-22(24)19-28-29-26(30)21-13-15-27-16-14-21/h4-7,9-16,19-20H,3,8,17-18H2,1-2H3,(H,29,30)/b28-19+. The van der Waals surface area contributed by atoms with Crippen LogP contribution >= 0.6 is 0 Å². The third kappa shape index (κ3) is 6.67. The molecule has 0 aliphatic rings. The van der Waals surface area contributed by atoms with Crippen LogP contribution in [0.15, 0.2) is 78.2 Å². The summed E-state index contributed by atoms with van der Waals surface area (Å²) in [5.74, 6) is 1.82. The average Bonchev–Trinajstić information content (AvgIpc) is 2.85. The number of carbonyl (C=O) groups is 1. The van der Waals surface area contributed by atoms with Crippen LogP contribution in [0.3, 0.4) is 0 Å². The first-order valence-electron chi connectivity index (χ1n) is 10.9. The molecule has 1 N–H and O–H groups in total. The molecule has 6 heteroatoms. The summed E-state index contributed by atoms with van der Waals surface area (Å²) in [7, 11) is 0. The van der Waals surface area contributed by atoms with Gasteiger partial charge in [-0.15, -0.1) is 0 Å². The zero-order valence-electron chi connectivity index (χ0n) is 18.5. The van der Waals surface area contributed by atoms with Crippen molar-refractivity contribution in [3.8, 4) is 11.5 Å². The minimum Gasteiger partial charge on any atom is -0.493 e. The second kappa shape index (κ2) is 12.2. The van der Waals surface area contributed by atoms with E-state index < -0.39 is 0 Å². The summed E-state index contributed by atoms with van der Waals surface area (Å²) in [5, 5.41) is 4.05. The fourth-order valence-electron chi connectivity index (χ4n) is 3.11. The van der Waals surface area contributed by atoms with E-state index in [0.29, 0.717) is 30.4 Å². The first-order chi connectivity index (χ1) is 15.7. The molecule has 1 amide bonds. The van der Waals surface area contributed by atoms with Gasteiger partial charge in [-0.1, -0.05) is 44.2 Å². The van der Waals surface area contributed by atoms with Crippen molar-refractivity contribution < 1.29 is 14.3 Å². The number of rotatable bonds is 11. The Balaban J connectivity index is 1.48. The van der Waals surface area contributed by atoms with Crippen LogP contribution in [0.2, 0.25) is 0 Å². The fourth-order valence-corrected chi connectivity index (χ4v) is 3.11. The molecular weight excluding hydrogens is 402 g/mol. The predicted octanol–water partition coefficient (Wildman–Crippen LogP) is 5.21. The molecule has 0 aliphatic carbocycles. The highest BCUT2D eigenvalue weighted by molar-refractivity contribution is 5.94. The van der Waals surface area contributed by atoms with Gasteiger partial charge in [-0.25, -0.2) is 5.43 Å². The van der Waals surface area contributed by atoms with Crippen LogP contribution in [0.25, 0.3) is 0 Å². The summed E-state index contributed by atoms with van der Waals surface area (Å²) in [6.07, 6.45) is 6.53. The third-order valence-corrected chi connectivity index (χ3v) is 5.10. The van der Waals surface area contributed by atoms with Crippen molar-refractivity contribution in [3.05, 3.63) is 89.7 Å². The number of carbonyl (C=O) groups excluding carboxylic acids is 1. The largest absolute Gasteiger partial charge is 0.493 e. The minimum absolute atomic E-state index is 0.295. The number of amides is 1. The highest BCUT2D eigenvalue weighted by atomic mass is 16.5. The molecule has 1 heterocycles. The Morgan fingerprint density at radius 1 is 1.00 bits per heavy atom. The van der Waals surface area contributed by atoms with E-state index in [9.17, 15) is 4.79 Å².